The maximum atomic E-state index is 10.6. The van der Waals surface area contributed by atoms with Crippen LogP contribution >= 0.6 is 33.9 Å². The number of aryl methyl sites for hydroxylation is 1. The Kier molecular flexibility index (Phi) is 4.45. The maximum Gasteiger partial charge on any atom is 0.0916 e. The number of halogens is 1. The lowest BCUT2D eigenvalue weighted by molar-refractivity contribution is 0.0585. The number of hydrogen-bond acceptors (Lipinski definition) is 2. The van der Waals surface area contributed by atoms with Gasteiger partial charge in [0.1, 0.15) is 0 Å². The van der Waals surface area contributed by atoms with Crippen molar-refractivity contribution in [3.8, 4) is 0 Å². The third-order valence-corrected chi connectivity index (χ3v) is 5.00. The zero-order valence-corrected chi connectivity index (χ0v) is 13.6. The number of aliphatic hydroxyl groups is 1. The van der Waals surface area contributed by atoms with Crippen LogP contribution in [0, 0.1) is 3.57 Å². The zero-order chi connectivity index (χ0) is 13.2. The van der Waals surface area contributed by atoms with Gasteiger partial charge in [0.2, 0.25) is 0 Å². The SMILES string of the molecule is CCc1ccc(CC(C)(O)c2ccc(I)cc2)s1. The second-order valence-electron chi connectivity index (χ2n) is 4.68. The molecule has 0 aliphatic heterocycles. The van der Waals surface area contributed by atoms with Crippen LogP contribution in [0.3, 0.4) is 0 Å². The molecule has 3 heteroatoms. The van der Waals surface area contributed by atoms with Gasteiger partial charge in [-0.3, -0.25) is 0 Å². The van der Waals surface area contributed by atoms with Crippen LogP contribution in [0.4, 0.5) is 0 Å². The Labute approximate surface area is 126 Å². The fraction of sp³-hybridized carbons (Fsp3) is 0.333. The van der Waals surface area contributed by atoms with Gasteiger partial charge in [0.15, 0.2) is 0 Å². The Bertz CT molecular complexity index is 514. The van der Waals surface area contributed by atoms with Crippen molar-refractivity contribution in [1.29, 1.82) is 0 Å². The van der Waals surface area contributed by atoms with Crippen LogP contribution in [0.2, 0.25) is 0 Å². The normalized spacial score (nSPS) is 14.4. The van der Waals surface area contributed by atoms with Crippen LogP contribution in [0.1, 0.15) is 29.2 Å². The first-order valence-electron chi connectivity index (χ1n) is 6.07. The van der Waals surface area contributed by atoms with E-state index < -0.39 is 5.60 Å². The molecule has 96 valence electrons. The second-order valence-corrected chi connectivity index (χ2v) is 7.18. The molecule has 1 N–H and O–H groups in total. The molecule has 0 amide bonds. The van der Waals surface area contributed by atoms with Gasteiger partial charge in [-0.05, 0) is 65.8 Å². The first kappa shape index (κ1) is 14.0. The fourth-order valence-electron chi connectivity index (χ4n) is 1.96. The lowest BCUT2D eigenvalue weighted by Crippen LogP contribution is -2.23. The van der Waals surface area contributed by atoms with Crippen molar-refractivity contribution in [2.45, 2.75) is 32.3 Å². The van der Waals surface area contributed by atoms with Crippen molar-refractivity contribution in [3.05, 3.63) is 55.3 Å². The van der Waals surface area contributed by atoms with Gasteiger partial charge in [-0.2, -0.15) is 0 Å². The lowest BCUT2D eigenvalue weighted by atomic mass is 9.92. The molecule has 0 fully saturated rings. The van der Waals surface area contributed by atoms with E-state index in [1.807, 2.05) is 31.2 Å². The van der Waals surface area contributed by atoms with E-state index in [2.05, 4.69) is 41.6 Å². The average molecular weight is 372 g/mol. The summed E-state index contributed by atoms with van der Waals surface area (Å²) in [6.07, 6.45) is 1.74. The molecule has 0 aliphatic carbocycles. The van der Waals surface area contributed by atoms with Gasteiger partial charge >= 0.3 is 0 Å². The first-order valence-corrected chi connectivity index (χ1v) is 7.97. The van der Waals surface area contributed by atoms with Gasteiger partial charge in [0.05, 0.1) is 5.60 Å². The molecular formula is C15H17IOS. The summed E-state index contributed by atoms with van der Waals surface area (Å²) in [7, 11) is 0. The summed E-state index contributed by atoms with van der Waals surface area (Å²) in [6.45, 7) is 4.05. The molecule has 1 atom stereocenters. The van der Waals surface area contributed by atoms with E-state index in [1.54, 1.807) is 11.3 Å². The van der Waals surface area contributed by atoms with E-state index in [0.717, 1.165) is 12.0 Å². The molecule has 1 aromatic heterocycles. The Morgan fingerprint density at radius 3 is 2.28 bits per heavy atom. The van der Waals surface area contributed by atoms with E-state index in [4.69, 9.17) is 0 Å². The molecule has 1 nitrogen and oxygen atoms in total. The van der Waals surface area contributed by atoms with Gasteiger partial charge in [0, 0.05) is 19.7 Å². The molecule has 2 rings (SSSR count). The summed E-state index contributed by atoms with van der Waals surface area (Å²) >= 11 is 4.07. The van der Waals surface area contributed by atoms with Crippen molar-refractivity contribution in [3.63, 3.8) is 0 Å². The number of hydrogen-bond donors (Lipinski definition) is 1. The topological polar surface area (TPSA) is 20.2 Å². The van der Waals surface area contributed by atoms with Crippen molar-refractivity contribution in [1.82, 2.24) is 0 Å². The molecule has 0 radical (unpaired) electrons. The molecule has 0 bridgehead atoms. The number of rotatable bonds is 4. The summed E-state index contributed by atoms with van der Waals surface area (Å²) in [5.41, 5.74) is 0.189. The van der Waals surface area contributed by atoms with Gasteiger partial charge in [-0.1, -0.05) is 19.1 Å². The van der Waals surface area contributed by atoms with E-state index in [0.29, 0.717) is 6.42 Å². The highest BCUT2D eigenvalue weighted by Gasteiger charge is 2.24. The van der Waals surface area contributed by atoms with Crippen LogP contribution in [-0.2, 0) is 18.4 Å². The van der Waals surface area contributed by atoms with Crippen LogP contribution in [-0.4, -0.2) is 5.11 Å². The minimum Gasteiger partial charge on any atom is -0.385 e. The van der Waals surface area contributed by atoms with Gasteiger partial charge in [-0.25, -0.2) is 0 Å². The molecule has 1 unspecified atom stereocenters. The number of benzene rings is 1. The molecular weight excluding hydrogens is 355 g/mol. The summed E-state index contributed by atoms with van der Waals surface area (Å²) in [6, 6.07) is 12.4. The van der Waals surface area contributed by atoms with Crippen molar-refractivity contribution < 1.29 is 5.11 Å². The number of thiophene rings is 1. The van der Waals surface area contributed by atoms with Crippen molar-refractivity contribution in [2.75, 3.05) is 0 Å². The Morgan fingerprint density at radius 2 is 1.72 bits per heavy atom. The monoisotopic (exact) mass is 372 g/mol. The minimum absolute atomic E-state index is 0.679. The van der Waals surface area contributed by atoms with Crippen molar-refractivity contribution in [2.24, 2.45) is 0 Å². The molecule has 18 heavy (non-hydrogen) atoms. The van der Waals surface area contributed by atoms with E-state index >= 15 is 0 Å². The summed E-state index contributed by atoms with van der Waals surface area (Å²) in [5.74, 6) is 0. The fourth-order valence-corrected chi connectivity index (χ4v) is 3.42. The predicted molar refractivity (Wildman–Crippen MR) is 86.1 cm³/mol. The van der Waals surface area contributed by atoms with E-state index in [1.165, 1.54) is 13.3 Å². The largest absolute Gasteiger partial charge is 0.385 e. The quantitative estimate of drug-likeness (QED) is 0.791. The van der Waals surface area contributed by atoms with Crippen LogP contribution in [0.25, 0.3) is 0 Å². The molecule has 0 spiro atoms. The van der Waals surface area contributed by atoms with Crippen LogP contribution in [0.15, 0.2) is 36.4 Å². The van der Waals surface area contributed by atoms with Gasteiger partial charge in [-0.15, -0.1) is 11.3 Å². The Morgan fingerprint density at radius 1 is 1.11 bits per heavy atom. The lowest BCUT2D eigenvalue weighted by Gasteiger charge is -2.23. The van der Waals surface area contributed by atoms with E-state index in [9.17, 15) is 5.11 Å². The molecule has 2 aromatic rings. The van der Waals surface area contributed by atoms with E-state index in [-0.39, 0.29) is 0 Å². The highest BCUT2D eigenvalue weighted by molar-refractivity contribution is 14.1. The highest BCUT2D eigenvalue weighted by Crippen LogP contribution is 2.29. The van der Waals surface area contributed by atoms with Gasteiger partial charge in [0.25, 0.3) is 0 Å². The summed E-state index contributed by atoms with van der Waals surface area (Å²) in [4.78, 5) is 2.62. The zero-order valence-electron chi connectivity index (χ0n) is 10.6. The summed E-state index contributed by atoms with van der Waals surface area (Å²) < 4.78 is 1.19. The molecule has 0 saturated carbocycles. The van der Waals surface area contributed by atoms with Crippen molar-refractivity contribution >= 4 is 33.9 Å². The van der Waals surface area contributed by atoms with Gasteiger partial charge < -0.3 is 5.11 Å². The molecule has 0 saturated heterocycles. The molecule has 0 aliphatic rings. The molecule has 1 heterocycles. The smallest absolute Gasteiger partial charge is 0.0916 e. The second kappa shape index (κ2) is 5.72. The van der Waals surface area contributed by atoms with Crippen LogP contribution < -0.4 is 0 Å². The Balaban J connectivity index is 2.18. The standard InChI is InChI=1S/C15H17IOS/c1-3-13-8-9-14(18-13)10-15(2,17)11-4-6-12(16)7-5-11/h4-9,17H,3,10H2,1-2H3. The first-order chi connectivity index (χ1) is 8.51. The average Bonchev–Trinajstić information content (AvgIpc) is 2.76. The minimum atomic E-state index is -0.791. The molecule has 1 aromatic carbocycles. The summed E-state index contributed by atoms with van der Waals surface area (Å²) in [5, 5.41) is 10.6. The third kappa shape index (κ3) is 3.33. The predicted octanol–water partition coefficient (Wildman–Crippen LogP) is 4.37. The highest BCUT2D eigenvalue weighted by atomic mass is 127. The Hall–Kier alpha value is -0.390. The third-order valence-electron chi connectivity index (χ3n) is 3.05. The maximum absolute atomic E-state index is 10.6. The van der Waals surface area contributed by atoms with Crippen LogP contribution in [0.5, 0.6) is 0 Å².